The molecule has 2 aliphatic heterocycles. The first-order valence-electron chi connectivity index (χ1n) is 8.91. The normalized spacial score (nSPS) is 21.0. The minimum absolute atomic E-state index is 0.105. The zero-order valence-electron chi connectivity index (χ0n) is 14.5. The molecule has 142 valence electrons. The maximum atomic E-state index is 12.3. The molecule has 2 amide bonds. The molecule has 1 aromatic rings. The van der Waals surface area contributed by atoms with E-state index < -0.39 is 0 Å². The summed E-state index contributed by atoms with van der Waals surface area (Å²) in [6.07, 6.45) is 1.87. The lowest BCUT2D eigenvalue weighted by atomic mass is 10.2. The van der Waals surface area contributed by atoms with Gasteiger partial charge in [0.05, 0.1) is 15.7 Å². The van der Waals surface area contributed by atoms with Gasteiger partial charge in [0.1, 0.15) is 6.10 Å². The van der Waals surface area contributed by atoms with Crippen molar-refractivity contribution < 1.29 is 14.3 Å². The highest BCUT2D eigenvalue weighted by Gasteiger charge is 2.30. The summed E-state index contributed by atoms with van der Waals surface area (Å²) >= 11 is 12.1. The van der Waals surface area contributed by atoms with Gasteiger partial charge < -0.3 is 15.0 Å². The van der Waals surface area contributed by atoms with Gasteiger partial charge in [-0.1, -0.05) is 29.3 Å². The molecule has 0 bridgehead atoms. The summed E-state index contributed by atoms with van der Waals surface area (Å²) in [4.78, 5) is 28.6. The first-order valence-corrected chi connectivity index (χ1v) is 9.67. The summed E-state index contributed by atoms with van der Waals surface area (Å²) in [5.74, 6) is -0.0221. The minimum Gasteiger partial charge on any atom is -0.368 e. The van der Waals surface area contributed by atoms with E-state index in [2.05, 4.69) is 10.2 Å². The Morgan fingerprint density at radius 1 is 1.15 bits per heavy atom. The molecule has 8 heteroatoms. The van der Waals surface area contributed by atoms with Crippen LogP contribution in [0.1, 0.15) is 19.3 Å². The third-order valence-corrected chi connectivity index (χ3v) is 5.40. The molecule has 2 fully saturated rings. The van der Waals surface area contributed by atoms with Crippen LogP contribution in [0, 0.1) is 0 Å². The summed E-state index contributed by atoms with van der Waals surface area (Å²) in [5.41, 5.74) is 0.452. The maximum absolute atomic E-state index is 12.3. The average molecular weight is 400 g/mol. The van der Waals surface area contributed by atoms with E-state index in [1.54, 1.807) is 18.2 Å². The van der Waals surface area contributed by atoms with Gasteiger partial charge in [-0.15, -0.1) is 0 Å². The standard InChI is InChI=1S/C18H23Cl2N3O3/c19-13-3-1-4-14(20)17(13)21-16(24)6-7-22-8-10-23(11-9-22)18(25)15-5-2-12-26-15/h1,3-4,15H,2,5-12H2,(H,21,24)/t15-/m0/s1. The first-order chi connectivity index (χ1) is 12.5. The lowest BCUT2D eigenvalue weighted by Gasteiger charge is -2.35. The molecular weight excluding hydrogens is 377 g/mol. The molecule has 0 aromatic heterocycles. The van der Waals surface area contributed by atoms with Crippen molar-refractivity contribution in [3.63, 3.8) is 0 Å². The van der Waals surface area contributed by atoms with Gasteiger partial charge in [-0.25, -0.2) is 0 Å². The fourth-order valence-corrected chi connectivity index (χ4v) is 3.74. The highest BCUT2D eigenvalue weighted by atomic mass is 35.5. The number of benzene rings is 1. The molecule has 1 N–H and O–H groups in total. The van der Waals surface area contributed by atoms with Gasteiger partial charge in [0.25, 0.3) is 5.91 Å². The topological polar surface area (TPSA) is 61.9 Å². The van der Waals surface area contributed by atoms with Crippen LogP contribution in [0.5, 0.6) is 0 Å². The van der Waals surface area contributed by atoms with Crippen LogP contribution in [0.4, 0.5) is 5.69 Å². The molecule has 0 spiro atoms. The lowest BCUT2D eigenvalue weighted by molar-refractivity contribution is -0.142. The fraction of sp³-hybridized carbons (Fsp3) is 0.556. The molecular formula is C18H23Cl2N3O3. The molecule has 2 aliphatic rings. The van der Waals surface area contributed by atoms with E-state index in [1.807, 2.05) is 4.90 Å². The molecule has 1 aromatic carbocycles. The molecule has 6 nitrogen and oxygen atoms in total. The Morgan fingerprint density at radius 3 is 2.46 bits per heavy atom. The van der Waals surface area contributed by atoms with Crippen molar-refractivity contribution in [1.29, 1.82) is 0 Å². The SMILES string of the molecule is O=C(CCN1CCN(C(=O)[C@@H]2CCCO2)CC1)Nc1c(Cl)cccc1Cl. The van der Waals surface area contributed by atoms with E-state index in [9.17, 15) is 9.59 Å². The number of carbonyl (C=O) groups is 2. The van der Waals surface area contributed by atoms with Gasteiger partial charge in [-0.3, -0.25) is 14.5 Å². The monoisotopic (exact) mass is 399 g/mol. The van der Waals surface area contributed by atoms with Gasteiger partial charge in [0.15, 0.2) is 0 Å². The summed E-state index contributed by atoms with van der Waals surface area (Å²) in [6.45, 7) is 4.20. The predicted octanol–water partition coefficient (Wildman–Crippen LogP) is 2.65. The van der Waals surface area contributed by atoms with E-state index in [0.29, 0.717) is 48.4 Å². The number of rotatable bonds is 5. The van der Waals surface area contributed by atoms with Crippen LogP contribution in [-0.2, 0) is 14.3 Å². The number of nitrogens with zero attached hydrogens (tertiary/aromatic N) is 2. The average Bonchev–Trinajstić information content (AvgIpc) is 3.18. The Morgan fingerprint density at radius 2 is 1.85 bits per heavy atom. The van der Waals surface area contributed by atoms with Crippen LogP contribution in [-0.4, -0.2) is 67.0 Å². The molecule has 26 heavy (non-hydrogen) atoms. The number of piperazine rings is 1. The molecule has 1 atom stereocenters. The Balaban J connectivity index is 1.41. The maximum Gasteiger partial charge on any atom is 0.251 e. The van der Waals surface area contributed by atoms with Gasteiger partial charge in [-0.05, 0) is 25.0 Å². The fourth-order valence-electron chi connectivity index (χ4n) is 3.25. The molecule has 0 unspecified atom stereocenters. The lowest BCUT2D eigenvalue weighted by Crippen LogP contribution is -2.51. The summed E-state index contributed by atoms with van der Waals surface area (Å²) in [6, 6.07) is 5.11. The summed E-state index contributed by atoms with van der Waals surface area (Å²) in [5, 5.41) is 3.62. The highest BCUT2D eigenvalue weighted by molar-refractivity contribution is 6.39. The van der Waals surface area contributed by atoms with Crippen LogP contribution in [0.25, 0.3) is 0 Å². The first kappa shape index (κ1) is 19.4. The van der Waals surface area contributed by atoms with Crippen molar-refractivity contribution in [2.75, 3.05) is 44.6 Å². The predicted molar refractivity (Wildman–Crippen MR) is 102 cm³/mol. The van der Waals surface area contributed by atoms with Crippen LogP contribution in [0.2, 0.25) is 10.0 Å². The van der Waals surface area contributed by atoms with Crippen LogP contribution >= 0.6 is 23.2 Å². The van der Waals surface area contributed by atoms with Crippen molar-refractivity contribution in [3.05, 3.63) is 28.2 Å². The molecule has 0 saturated carbocycles. The number of hydrogen-bond acceptors (Lipinski definition) is 4. The molecule has 2 saturated heterocycles. The Kier molecular flexibility index (Phi) is 6.75. The Labute approximate surface area is 163 Å². The number of carbonyl (C=O) groups excluding carboxylic acids is 2. The molecule has 0 radical (unpaired) electrons. The third kappa shape index (κ3) is 4.88. The smallest absolute Gasteiger partial charge is 0.251 e. The molecule has 0 aliphatic carbocycles. The summed E-state index contributed by atoms with van der Waals surface area (Å²) in [7, 11) is 0. The van der Waals surface area contributed by atoms with Crippen LogP contribution < -0.4 is 5.32 Å². The van der Waals surface area contributed by atoms with Crippen molar-refractivity contribution >= 4 is 40.7 Å². The molecule has 2 heterocycles. The van der Waals surface area contributed by atoms with Gasteiger partial charge in [0, 0.05) is 45.8 Å². The van der Waals surface area contributed by atoms with E-state index in [1.165, 1.54) is 0 Å². The zero-order valence-corrected chi connectivity index (χ0v) is 16.1. The van der Waals surface area contributed by atoms with Crippen molar-refractivity contribution in [3.8, 4) is 0 Å². The van der Waals surface area contributed by atoms with Gasteiger partial charge >= 0.3 is 0 Å². The number of nitrogens with one attached hydrogen (secondary N) is 1. The van der Waals surface area contributed by atoms with Gasteiger partial charge in [-0.2, -0.15) is 0 Å². The van der Waals surface area contributed by atoms with E-state index in [4.69, 9.17) is 27.9 Å². The minimum atomic E-state index is -0.257. The van der Waals surface area contributed by atoms with Crippen LogP contribution in [0.15, 0.2) is 18.2 Å². The van der Waals surface area contributed by atoms with E-state index in [0.717, 1.165) is 25.9 Å². The number of anilines is 1. The highest BCUT2D eigenvalue weighted by Crippen LogP contribution is 2.29. The quantitative estimate of drug-likeness (QED) is 0.826. The van der Waals surface area contributed by atoms with Crippen molar-refractivity contribution in [2.45, 2.75) is 25.4 Å². The third-order valence-electron chi connectivity index (χ3n) is 4.77. The molecule has 3 rings (SSSR count). The largest absolute Gasteiger partial charge is 0.368 e. The number of ether oxygens (including phenoxy) is 1. The number of hydrogen-bond donors (Lipinski definition) is 1. The second-order valence-corrected chi connectivity index (χ2v) is 7.38. The number of amides is 2. The Hall–Kier alpha value is -1.34. The zero-order chi connectivity index (χ0) is 18.5. The second kappa shape index (κ2) is 9.04. The number of halogens is 2. The van der Waals surface area contributed by atoms with Crippen LogP contribution in [0.3, 0.4) is 0 Å². The van der Waals surface area contributed by atoms with E-state index in [-0.39, 0.29) is 17.9 Å². The van der Waals surface area contributed by atoms with E-state index >= 15 is 0 Å². The van der Waals surface area contributed by atoms with Crippen molar-refractivity contribution in [1.82, 2.24) is 9.80 Å². The Bertz CT molecular complexity index is 637. The van der Waals surface area contributed by atoms with Crippen molar-refractivity contribution in [2.24, 2.45) is 0 Å². The number of para-hydroxylation sites is 1. The second-order valence-electron chi connectivity index (χ2n) is 6.56. The van der Waals surface area contributed by atoms with Gasteiger partial charge in [0.2, 0.25) is 5.91 Å². The summed E-state index contributed by atoms with van der Waals surface area (Å²) < 4.78 is 5.47.